The van der Waals surface area contributed by atoms with E-state index in [0.29, 0.717) is 40.7 Å². The maximum absolute atomic E-state index is 13.3. The van der Waals surface area contributed by atoms with Gasteiger partial charge in [0.25, 0.3) is 0 Å². The van der Waals surface area contributed by atoms with Crippen molar-refractivity contribution in [2.75, 3.05) is 48.6 Å². The molecule has 0 saturated heterocycles. The summed E-state index contributed by atoms with van der Waals surface area (Å²) in [5.41, 5.74) is 3.17. The Hall–Kier alpha value is -3.77. The molecule has 0 fully saturated rings. The third kappa shape index (κ3) is 5.97. The Labute approximate surface area is 201 Å². The Morgan fingerprint density at radius 2 is 1.53 bits per heavy atom. The van der Waals surface area contributed by atoms with Crippen LogP contribution in [0.15, 0.2) is 66.7 Å². The van der Waals surface area contributed by atoms with Crippen LogP contribution in [0.3, 0.4) is 0 Å². The van der Waals surface area contributed by atoms with Gasteiger partial charge in [-0.2, -0.15) is 0 Å². The molecule has 0 aliphatic rings. The molecule has 0 aliphatic carbocycles. The number of allylic oxidation sites excluding steroid dienone is 1. The van der Waals surface area contributed by atoms with E-state index >= 15 is 0 Å². The van der Waals surface area contributed by atoms with Crippen LogP contribution in [-0.4, -0.2) is 59.3 Å². The van der Waals surface area contributed by atoms with E-state index in [-0.39, 0.29) is 5.78 Å². The largest absolute Gasteiger partial charge is 0.493 e. The Bertz CT molecular complexity index is 1140. The fourth-order valence-corrected chi connectivity index (χ4v) is 3.51. The summed E-state index contributed by atoms with van der Waals surface area (Å²) in [6.45, 7) is 1.22. The summed E-state index contributed by atoms with van der Waals surface area (Å²) in [7, 11) is 8.62. The van der Waals surface area contributed by atoms with Gasteiger partial charge < -0.3 is 23.8 Å². The van der Waals surface area contributed by atoms with Crippen molar-refractivity contribution >= 4 is 11.9 Å². The van der Waals surface area contributed by atoms with Crippen molar-refractivity contribution in [3.63, 3.8) is 0 Å². The van der Waals surface area contributed by atoms with Gasteiger partial charge in [-0.1, -0.05) is 36.4 Å². The third-order valence-corrected chi connectivity index (χ3v) is 5.30. The summed E-state index contributed by atoms with van der Waals surface area (Å²) in [4.78, 5) is 15.4. The molecule has 0 spiro atoms. The average Bonchev–Trinajstić information content (AvgIpc) is 2.86. The second-order valence-corrected chi connectivity index (χ2v) is 7.85. The number of carbonyl (C=O) groups excluding carboxylic acids is 1. The first-order valence-corrected chi connectivity index (χ1v) is 11.0. The van der Waals surface area contributed by atoms with Crippen molar-refractivity contribution in [2.24, 2.45) is 0 Å². The van der Waals surface area contributed by atoms with E-state index < -0.39 is 0 Å². The lowest BCUT2D eigenvalue weighted by molar-refractivity contribution is 0.104. The molecule has 0 saturated carbocycles. The van der Waals surface area contributed by atoms with E-state index in [1.807, 2.05) is 73.6 Å². The lowest BCUT2D eigenvalue weighted by atomic mass is 9.99. The lowest BCUT2D eigenvalue weighted by Crippen LogP contribution is -2.20. The molecule has 178 valence electrons. The van der Waals surface area contributed by atoms with Crippen LogP contribution in [0.5, 0.6) is 23.0 Å². The molecular weight excluding hydrogens is 430 g/mol. The highest BCUT2D eigenvalue weighted by Gasteiger charge is 2.16. The van der Waals surface area contributed by atoms with Crippen LogP contribution in [0.4, 0.5) is 0 Å². The molecule has 0 N–H and O–H groups in total. The Kier molecular flexibility index (Phi) is 8.71. The van der Waals surface area contributed by atoms with Gasteiger partial charge in [-0.15, -0.1) is 0 Å². The zero-order valence-corrected chi connectivity index (χ0v) is 20.3. The van der Waals surface area contributed by atoms with E-state index in [9.17, 15) is 4.79 Å². The smallest absolute Gasteiger partial charge is 0.203 e. The number of methoxy groups -OCH3 is 3. The maximum Gasteiger partial charge on any atom is 0.203 e. The standard InChI is InChI=1S/C28H31NO5/c1-29(2)17-18-34-25-15-13-22(20-9-7-6-8-10-20)19-23(25)24(30)14-11-21-12-16-26(31-3)28(33-5)27(21)32-4/h6-16,19H,17-18H2,1-5H3. The maximum atomic E-state index is 13.3. The Balaban J connectivity index is 1.96. The third-order valence-electron chi connectivity index (χ3n) is 5.30. The first-order valence-electron chi connectivity index (χ1n) is 11.0. The molecule has 6 heteroatoms. The average molecular weight is 462 g/mol. The summed E-state index contributed by atoms with van der Waals surface area (Å²) in [6, 6.07) is 19.2. The van der Waals surface area contributed by atoms with Crippen LogP contribution < -0.4 is 18.9 Å². The lowest BCUT2D eigenvalue weighted by Gasteiger charge is -2.15. The second-order valence-electron chi connectivity index (χ2n) is 7.85. The van der Waals surface area contributed by atoms with Crippen molar-refractivity contribution in [1.29, 1.82) is 0 Å². The molecule has 3 rings (SSSR count). The van der Waals surface area contributed by atoms with Gasteiger partial charge in [0.2, 0.25) is 5.75 Å². The summed E-state index contributed by atoms with van der Waals surface area (Å²) in [6.07, 6.45) is 3.23. The van der Waals surface area contributed by atoms with Gasteiger partial charge in [-0.3, -0.25) is 4.79 Å². The number of rotatable bonds is 11. The Morgan fingerprint density at radius 3 is 2.18 bits per heavy atom. The van der Waals surface area contributed by atoms with Crippen molar-refractivity contribution in [1.82, 2.24) is 4.90 Å². The van der Waals surface area contributed by atoms with Gasteiger partial charge in [0, 0.05) is 12.1 Å². The molecule has 0 heterocycles. The van der Waals surface area contributed by atoms with Gasteiger partial charge in [0.15, 0.2) is 17.3 Å². The fourth-order valence-electron chi connectivity index (χ4n) is 3.51. The van der Waals surface area contributed by atoms with E-state index in [0.717, 1.165) is 17.7 Å². The second kappa shape index (κ2) is 11.9. The van der Waals surface area contributed by atoms with Gasteiger partial charge in [-0.25, -0.2) is 0 Å². The van der Waals surface area contributed by atoms with Crippen LogP contribution in [-0.2, 0) is 0 Å². The molecule has 0 amide bonds. The van der Waals surface area contributed by atoms with Crippen LogP contribution in [0.1, 0.15) is 15.9 Å². The van der Waals surface area contributed by atoms with Crippen LogP contribution >= 0.6 is 0 Å². The van der Waals surface area contributed by atoms with Crippen LogP contribution in [0, 0.1) is 0 Å². The first-order chi connectivity index (χ1) is 16.5. The van der Waals surface area contributed by atoms with E-state index in [4.69, 9.17) is 18.9 Å². The van der Waals surface area contributed by atoms with E-state index in [1.165, 1.54) is 6.08 Å². The predicted molar refractivity (Wildman–Crippen MR) is 135 cm³/mol. The van der Waals surface area contributed by atoms with Gasteiger partial charge >= 0.3 is 0 Å². The van der Waals surface area contributed by atoms with E-state index in [2.05, 4.69) is 0 Å². The number of benzene rings is 3. The molecule has 0 atom stereocenters. The normalized spacial score (nSPS) is 11.0. The minimum atomic E-state index is -0.172. The van der Waals surface area contributed by atoms with E-state index in [1.54, 1.807) is 33.5 Å². The highest BCUT2D eigenvalue weighted by molar-refractivity contribution is 6.09. The monoisotopic (exact) mass is 461 g/mol. The van der Waals surface area contributed by atoms with Gasteiger partial charge in [-0.05, 0) is 61.6 Å². The highest BCUT2D eigenvalue weighted by atomic mass is 16.5. The molecule has 0 aromatic heterocycles. The topological polar surface area (TPSA) is 57.2 Å². The number of hydrogen-bond donors (Lipinski definition) is 0. The summed E-state index contributed by atoms with van der Waals surface area (Å²) >= 11 is 0. The number of likely N-dealkylation sites (N-methyl/N-ethyl adjacent to an activating group) is 1. The summed E-state index contributed by atoms with van der Waals surface area (Å²) < 4.78 is 22.3. The number of ketones is 1. The number of nitrogens with zero attached hydrogens (tertiary/aromatic N) is 1. The Morgan fingerprint density at radius 1 is 0.824 bits per heavy atom. The minimum Gasteiger partial charge on any atom is -0.493 e. The van der Waals surface area contributed by atoms with Gasteiger partial charge in [0.05, 0.1) is 26.9 Å². The zero-order valence-electron chi connectivity index (χ0n) is 20.3. The molecule has 3 aromatic carbocycles. The molecule has 0 bridgehead atoms. The van der Waals surface area contributed by atoms with Gasteiger partial charge in [0.1, 0.15) is 12.4 Å². The molecule has 0 aliphatic heterocycles. The van der Waals surface area contributed by atoms with Crippen molar-refractivity contribution < 1.29 is 23.7 Å². The van der Waals surface area contributed by atoms with Crippen LogP contribution in [0.25, 0.3) is 17.2 Å². The van der Waals surface area contributed by atoms with Crippen LogP contribution in [0.2, 0.25) is 0 Å². The highest BCUT2D eigenvalue weighted by Crippen LogP contribution is 2.40. The summed E-state index contributed by atoms with van der Waals surface area (Å²) in [5, 5.41) is 0. The molecule has 6 nitrogen and oxygen atoms in total. The number of carbonyl (C=O) groups is 1. The molecular formula is C28H31NO5. The number of ether oxygens (including phenoxy) is 4. The zero-order chi connectivity index (χ0) is 24.5. The van der Waals surface area contributed by atoms with Crippen molar-refractivity contribution in [3.8, 4) is 34.1 Å². The fraction of sp³-hybridized carbons (Fsp3) is 0.250. The van der Waals surface area contributed by atoms with Crippen molar-refractivity contribution in [2.45, 2.75) is 0 Å². The van der Waals surface area contributed by atoms with Crippen molar-refractivity contribution in [3.05, 3.63) is 77.9 Å². The molecule has 0 unspecified atom stereocenters. The quantitative estimate of drug-likeness (QED) is 0.288. The first kappa shape index (κ1) is 24.9. The number of hydrogen-bond acceptors (Lipinski definition) is 6. The SMILES string of the molecule is COc1ccc(C=CC(=O)c2cc(-c3ccccc3)ccc2OCCN(C)C)c(OC)c1OC. The molecule has 0 radical (unpaired) electrons. The predicted octanol–water partition coefficient (Wildman–Crippen LogP) is 5.22. The molecule has 3 aromatic rings. The summed E-state index contributed by atoms with van der Waals surface area (Å²) in [5.74, 6) is 1.89. The minimum absolute atomic E-state index is 0.172. The molecule has 34 heavy (non-hydrogen) atoms.